The van der Waals surface area contributed by atoms with Gasteiger partial charge in [-0.1, -0.05) is 78.9 Å². The van der Waals surface area contributed by atoms with Crippen LogP contribution in [-0.2, 0) is 36.8 Å². The van der Waals surface area contributed by atoms with E-state index in [9.17, 15) is 29.4 Å². The minimum atomic E-state index is -0.593. The fourth-order valence-corrected chi connectivity index (χ4v) is 7.72. The van der Waals surface area contributed by atoms with E-state index in [1.807, 2.05) is 76.5 Å². The van der Waals surface area contributed by atoms with E-state index in [0.29, 0.717) is 69.5 Å². The van der Waals surface area contributed by atoms with E-state index >= 15 is 0 Å². The lowest BCUT2D eigenvalue weighted by Gasteiger charge is -2.31. The first kappa shape index (κ1) is 49.8. The highest BCUT2D eigenvalue weighted by Gasteiger charge is 2.26. The number of carbonyl (C=O) groups is 4. The summed E-state index contributed by atoms with van der Waals surface area (Å²) in [6.45, 7) is 3.49. The van der Waals surface area contributed by atoms with Gasteiger partial charge in [0.15, 0.2) is 0 Å². The van der Waals surface area contributed by atoms with E-state index in [2.05, 4.69) is 21.4 Å². The Labute approximate surface area is 390 Å². The predicted molar refractivity (Wildman–Crippen MR) is 252 cm³/mol. The first-order valence-electron chi connectivity index (χ1n) is 22.2. The van der Waals surface area contributed by atoms with Crippen LogP contribution in [0, 0.1) is 0 Å². The Bertz CT molecular complexity index is 2450. The second kappa shape index (κ2) is 25.9. The maximum Gasteiger partial charge on any atom is 0.356 e. The third-order valence-electron chi connectivity index (χ3n) is 11.1. The zero-order valence-electron chi connectivity index (χ0n) is 37.9. The minimum Gasteiger partial charge on any atom is -0.464 e. The lowest BCUT2D eigenvalue weighted by Crippen LogP contribution is -2.36. The summed E-state index contributed by atoms with van der Waals surface area (Å²) >= 11 is 0. The van der Waals surface area contributed by atoms with E-state index in [1.54, 1.807) is 53.4 Å². The van der Waals surface area contributed by atoms with Crippen LogP contribution < -0.4 is 10.2 Å². The number of ether oxygens (including phenoxy) is 4. The number of anilines is 1. The highest BCUT2D eigenvalue weighted by molar-refractivity contribution is 5.98. The van der Waals surface area contributed by atoms with Gasteiger partial charge in [-0.25, -0.2) is 19.6 Å². The van der Waals surface area contributed by atoms with Crippen molar-refractivity contribution in [3.05, 3.63) is 160 Å². The summed E-state index contributed by atoms with van der Waals surface area (Å²) in [5, 5.41) is 22.7. The first-order chi connectivity index (χ1) is 32.7. The van der Waals surface area contributed by atoms with Crippen LogP contribution in [0.2, 0.25) is 0 Å². The number of nitrogens with zero attached hydrogens (tertiary/aromatic N) is 5. The first-order valence-corrected chi connectivity index (χ1v) is 22.2. The van der Waals surface area contributed by atoms with Gasteiger partial charge in [-0.15, -0.1) is 0 Å². The van der Waals surface area contributed by atoms with Crippen molar-refractivity contribution >= 4 is 41.6 Å². The molecule has 1 aliphatic rings. The molecule has 2 amide bonds. The number of benzene rings is 3. The number of pyridine rings is 2. The molecule has 0 saturated heterocycles. The molecule has 2 aromatic heterocycles. The van der Waals surface area contributed by atoms with Gasteiger partial charge in [0.1, 0.15) is 11.4 Å². The summed E-state index contributed by atoms with van der Waals surface area (Å²) in [7, 11) is 2.59. The Kier molecular flexibility index (Phi) is 19.2. The molecule has 0 radical (unpaired) electrons. The van der Waals surface area contributed by atoms with E-state index in [-0.39, 0.29) is 62.5 Å². The molecule has 3 aromatic carbocycles. The fraction of sp³-hybridized carbons (Fsp3) is 0.333. The van der Waals surface area contributed by atoms with Crippen LogP contribution in [0.1, 0.15) is 77.4 Å². The number of nitrogens with one attached hydrogen (secondary N) is 1. The third-order valence-corrected chi connectivity index (χ3v) is 11.1. The van der Waals surface area contributed by atoms with Gasteiger partial charge in [-0.2, -0.15) is 0 Å². The Hall–Kier alpha value is -6.66. The van der Waals surface area contributed by atoms with Crippen LogP contribution in [0.25, 0.3) is 12.2 Å². The Morgan fingerprint density at radius 1 is 0.687 bits per heavy atom. The Balaban J connectivity index is 1.04. The number of para-hydroxylation sites is 1. The molecule has 1 aliphatic heterocycles. The molecule has 352 valence electrons. The lowest BCUT2D eigenvalue weighted by molar-refractivity contribution is -0.118. The summed E-state index contributed by atoms with van der Waals surface area (Å²) in [4.78, 5) is 66.4. The van der Waals surface area contributed by atoms with Crippen LogP contribution in [0.5, 0.6) is 0 Å². The average Bonchev–Trinajstić information content (AvgIpc) is 3.35. The number of hydrogen-bond acceptors (Lipinski definition) is 14. The van der Waals surface area contributed by atoms with Crippen LogP contribution in [0.4, 0.5) is 5.69 Å². The molecule has 0 bridgehead atoms. The van der Waals surface area contributed by atoms with Gasteiger partial charge >= 0.3 is 11.9 Å². The molecule has 1 unspecified atom stereocenters. The number of amides is 2. The van der Waals surface area contributed by atoms with Gasteiger partial charge in [0.25, 0.3) is 5.91 Å². The number of hydrogen-bond donors (Lipinski definition) is 3. The average molecular weight is 915 g/mol. The highest BCUT2D eigenvalue weighted by atomic mass is 16.5. The van der Waals surface area contributed by atoms with Crippen LogP contribution >= 0.6 is 0 Å². The van der Waals surface area contributed by atoms with Crippen molar-refractivity contribution in [1.82, 2.24) is 25.1 Å². The van der Waals surface area contributed by atoms with Gasteiger partial charge in [0.05, 0.1) is 83.5 Å². The molecule has 6 rings (SSSR count). The fourth-order valence-electron chi connectivity index (χ4n) is 7.72. The van der Waals surface area contributed by atoms with Crippen molar-refractivity contribution in [3.63, 3.8) is 0 Å². The quantitative estimate of drug-likeness (QED) is 0.0565. The molecule has 5 aromatic rings. The van der Waals surface area contributed by atoms with Gasteiger partial charge in [-0.05, 0) is 64.7 Å². The second-order valence-corrected chi connectivity index (χ2v) is 15.5. The number of fused-ring (bicyclic) bond motifs is 2. The number of aliphatic hydroxyl groups is 2. The topological polar surface area (TPSA) is 193 Å². The Morgan fingerprint density at radius 2 is 1.33 bits per heavy atom. The van der Waals surface area contributed by atoms with Crippen molar-refractivity contribution in [1.29, 1.82) is 0 Å². The summed E-state index contributed by atoms with van der Waals surface area (Å²) in [5.74, 6) is -1.57. The molecule has 16 nitrogen and oxygen atoms in total. The monoisotopic (exact) mass is 914 g/mol. The molecule has 16 heteroatoms. The number of esters is 2. The van der Waals surface area contributed by atoms with Crippen molar-refractivity contribution in [2.75, 3.05) is 91.5 Å². The summed E-state index contributed by atoms with van der Waals surface area (Å²) in [6.07, 6.45) is 4.17. The summed E-state index contributed by atoms with van der Waals surface area (Å²) in [5.41, 5.74) is 6.48. The standard InChI is InChI=1S/C51H58N6O10/c1-64-50(62)44-14-7-12-42(53-44)36-55(25-29-58)27-31-66-33-34-67-32-28-56(26-30-59)48(43-13-8-15-45(54-43)51(63)65-2)39-19-21-40(22-20-39)49(61)52-24-23-47(60)57-35-41-11-4-3-9-37(41)17-18-38-10-5-6-16-46(38)57/h3-22,48,58-59H,23-36H2,1-2H3,(H,52,61)/b18-17-. The van der Waals surface area contributed by atoms with Crippen molar-refractivity contribution < 1.29 is 48.3 Å². The van der Waals surface area contributed by atoms with Gasteiger partial charge in [0, 0.05) is 51.3 Å². The normalized spacial score (nSPS) is 13.0. The van der Waals surface area contributed by atoms with Gasteiger partial charge in [-0.3, -0.25) is 19.4 Å². The van der Waals surface area contributed by atoms with Crippen LogP contribution in [-0.4, -0.2) is 140 Å². The van der Waals surface area contributed by atoms with Crippen molar-refractivity contribution in [3.8, 4) is 0 Å². The largest absolute Gasteiger partial charge is 0.464 e. The van der Waals surface area contributed by atoms with Crippen LogP contribution in [0.3, 0.4) is 0 Å². The number of methoxy groups -OCH3 is 2. The van der Waals surface area contributed by atoms with Crippen LogP contribution in [0.15, 0.2) is 109 Å². The number of carbonyl (C=O) groups excluding carboxylic acids is 4. The molecule has 1 atom stereocenters. The predicted octanol–water partition coefficient (Wildman–Crippen LogP) is 4.80. The summed E-state index contributed by atoms with van der Waals surface area (Å²) < 4.78 is 21.5. The SMILES string of the molecule is COC(=O)c1cccc(CN(CCO)CCOCCOCCN(CCO)C(c2ccc(C(=O)NCCC(=O)N3Cc4ccccc4/C=C\c4ccccc43)cc2)c2cccc(C(=O)OC)n2)n1. The van der Waals surface area contributed by atoms with E-state index in [4.69, 9.17) is 18.9 Å². The molecule has 0 saturated carbocycles. The molecular formula is C51H58N6O10. The van der Waals surface area contributed by atoms with E-state index in [0.717, 1.165) is 27.9 Å². The Morgan fingerprint density at radius 3 is 2.04 bits per heavy atom. The molecule has 3 N–H and O–H groups in total. The molecule has 67 heavy (non-hydrogen) atoms. The molecule has 0 spiro atoms. The zero-order valence-corrected chi connectivity index (χ0v) is 37.9. The highest BCUT2D eigenvalue weighted by Crippen LogP contribution is 2.30. The number of aliphatic hydroxyl groups excluding tert-OH is 2. The number of rotatable bonds is 24. The number of aromatic nitrogens is 2. The molecule has 0 aliphatic carbocycles. The zero-order chi connectivity index (χ0) is 47.4. The molecule has 0 fully saturated rings. The van der Waals surface area contributed by atoms with E-state index < -0.39 is 18.0 Å². The molecule has 3 heterocycles. The maximum absolute atomic E-state index is 13.7. The van der Waals surface area contributed by atoms with Gasteiger partial charge < -0.3 is 39.4 Å². The maximum atomic E-state index is 13.7. The van der Waals surface area contributed by atoms with Crippen molar-refractivity contribution in [2.45, 2.75) is 25.6 Å². The third kappa shape index (κ3) is 14.2. The van der Waals surface area contributed by atoms with Gasteiger partial charge in [0.2, 0.25) is 5.91 Å². The molecular weight excluding hydrogens is 857 g/mol. The van der Waals surface area contributed by atoms with E-state index in [1.165, 1.54) is 14.2 Å². The summed E-state index contributed by atoms with van der Waals surface area (Å²) in [6, 6.07) is 32.4. The van der Waals surface area contributed by atoms with Crippen molar-refractivity contribution in [2.24, 2.45) is 0 Å². The minimum absolute atomic E-state index is 0.0545. The smallest absolute Gasteiger partial charge is 0.356 e. The second-order valence-electron chi connectivity index (χ2n) is 15.5. The lowest BCUT2D eigenvalue weighted by atomic mass is 9.99.